The quantitative estimate of drug-likeness (QED) is 0.483. The smallest absolute Gasteiger partial charge is 0.339 e. The van der Waals surface area contributed by atoms with E-state index in [2.05, 4.69) is 0 Å². The highest BCUT2D eigenvalue weighted by atomic mass is 19.1. The summed E-state index contributed by atoms with van der Waals surface area (Å²) < 4.78 is 12.9. The highest BCUT2D eigenvalue weighted by Crippen LogP contribution is 2.21. The van der Waals surface area contributed by atoms with E-state index < -0.39 is 23.5 Å². The fourth-order valence-electron chi connectivity index (χ4n) is 1.69. The molecule has 5 heteroatoms. The minimum absolute atomic E-state index is 0.105. The Labute approximate surface area is 110 Å². The molecule has 0 saturated heterocycles. The van der Waals surface area contributed by atoms with Crippen LogP contribution in [0.4, 0.5) is 4.39 Å². The second-order valence-corrected chi connectivity index (χ2v) is 4.39. The van der Waals surface area contributed by atoms with E-state index in [1.165, 1.54) is 24.3 Å². The monoisotopic (exact) mass is 265 g/mol. The van der Waals surface area contributed by atoms with Gasteiger partial charge in [-0.15, -0.1) is 0 Å². The molecule has 3 N–H and O–H groups in total. The number of rotatable bonds is 5. The van der Waals surface area contributed by atoms with Gasteiger partial charge in [0.15, 0.2) is 5.78 Å². The first-order chi connectivity index (χ1) is 8.88. The maximum Gasteiger partial charge on any atom is 0.339 e. The van der Waals surface area contributed by atoms with Crippen LogP contribution in [0, 0.1) is 11.7 Å². The van der Waals surface area contributed by atoms with Crippen LogP contribution in [0.1, 0.15) is 19.4 Å². The predicted molar refractivity (Wildman–Crippen MR) is 69.9 cm³/mol. The molecule has 0 spiro atoms. The van der Waals surface area contributed by atoms with Crippen molar-refractivity contribution < 1.29 is 19.1 Å². The molecule has 0 aliphatic heterocycles. The van der Waals surface area contributed by atoms with Crippen molar-refractivity contribution in [3.8, 4) is 0 Å². The first kappa shape index (κ1) is 15.0. The van der Waals surface area contributed by atoms with Gasteiger partial charge in [-0.05, 0) is 23.3 Å². The Morgan fingerprint density at radius 1 is 1.26 bits per heavy atom. The van der Waals surface area contributed by atoms with E-state index in [0.717, 1.165) is 0 Å². The lowest BCUT2D eigenvalue weighted by atomic mass is 9.92. The summed E-state index contributed by atoms with van der Waals surface area (Å²) in [7, 11) is 0. The summed E-state index contributed by atoms with van der Waals surface area (Å²) in [6, 6.07) is 5.22. The van der Waals surface area contributed by atoms with Crippen molar-refractivity contribution in [1.82, 2.24) is 0 Å². The molecular weight excluding hydrogens is 249 g/mol. The maximum absolute atomic E-state index is 12.9. The zero-order valence-electron chi connectivity index (χ0n) is 10.8. The minimum atomic E-state index is -1.32. The van der Waals surface area contributed by atoms with Gasteiger partial charge in [0.05, 0.1) is 0 Å². The molecule has 0 aliphatic rings. The van der Waals surface area contributed by atoms with Gasteiger partial charge in [-0.25, -0.2) is 9.18 Å². The average molecular weight is 265 g/mol. The van der Waals surface area contributed by atoms with Crippen molar-refractivity contribution >= 4 is 17.3 Å². The lowest BCUT2D eigenvalue weighted by Gasteiger charge is -2.12. The van der Waals surface area contributed by atoms with Crippen molar-refractivity contribution in [3.05, 3.63) is 41.2 Å². The van der Waals surface area contributed by atoms with Gasteiger partial charge in [-0.3, -0.25) is 4.79 Å². The Morgan fingerprint density at radius 2 is 1.79 bits per heavy atom. The molecule has 1 aromatic rings. The molecule has 0 fully saturated rings. The fraction of sp³-hybridized carbons (Fsp3) is 0.286. The van der Waals surface area contributed by atoms with E-state index in [1.54, 1.807) is 13.8 Å². The Morgan fingerprint density at radius 3 is 2.16 bits per heavy atom. The molecule has 102 valence electrons. The molecular formula is C14H16FNO3. The number of hydrogen-bond acceptors (Lipinski definition) is 3. The molecule has 0 aliphatic carbocycles. The summed E-state index contributed by atoms with van der Waals surface area (Å²) in [4.78, 5) is 23.2. The highest BCUT2D eigenvalue weighted by Gasteiger charge is 2.24. The summed E-state index contributed by atoms with van der Waals surface area (Å²) in [6.45, 7) is 3.12. The van der Waals surface area contributed by atoms with Crippen LogP contribution < -0.4 is 5.73 Å². The van der Waals surface area contributed by atoms with Crippen LogP contribution >= 0.6 is 0 Å². The van der Waals surface area contributed by atoms with Crippen molar-refractivity contribution in [2.24, 2.45) is 11.7 Å². The molecule has 4 nitrogen and oxygen atoms in total. The molecule has 19 heavy (non-hydrogen) atoms. The summed E-state index contributed by atoms with van der Waals surface area (Å²) in [5, 5.41) is 9.20. The van der Waals surface area contributed by atoms with E-state index in [4.69, 9.17) is 5.73 Å². The van der Waals surface area contributed by atoms with Gasteiger partial charge < -0.3 is 10.8 Å². The zero-order valence-corrected chi connectivity index (χ0v) is 10.8. The summed E-state index contributed by atoms with van der Waals surface area (Å²) >= 11 is 0. The summed E-state index contributed by atoms with van der Waals surface area (Å²) in [5.41, 5.74) is 5.88. The molecule has 0 heterocycles. The molecule has 0 aromatic heterocycles. The number of carboxylic acids is 1. The van der Waals surface area contributed by atoms with Crippen molar-refractivity contribution in [2.75, 3.05) is 6.54 Å². The summed E-state index contributed by atoms with van der Waals surface area (Å²) in [6.07, 6.45) is 0. The molecule has 0 unspecified atom stereocenters. The molecule has 0 amide bonds. The van der Waals surface area contributed by atoms with Gasteiger partial charge in [0.1, 0.15) is 11.4 Å². The Bertz CT molecular complexity index is 518. The molecule has 0 bridgehead atoms. The van der Waals surface area contributed by atoms with Gasteiger partial charge in [0, 0.05) is 12.5 Å². The van der Waals surface area contributed by atoms with Crippen LogP contribution in [0.3, 0.4) is 0 Å². The van der Waals surface area contributed by atoms with Crippen molar-refractivity contribution in [3.63, 3.8) is 0 Å². The van der Waals surface area contributed by atoms with E-state index in [1.807, 2.05) is 0 Å². The van der Waals surface area contributed by atoms with Gasteiger partial charge in [0.2, 0.25) is 0 Å². The topological polar surface area (TPSA) is 80.4 Å². The van der Waals surface area contributed by atoms with Crippen molar-refractivity contribution in [2.45, 2.75) is 13.8 Å². The lowest BCUT2D eigenvalue weighted by molar-refractivity contribution is -0.135. The maximum atomic E-state index is 12.9. The van der Waals surface area contributed by atoms with E-state index >= 15 is 0 Å². The largest absolute Gasteiger partial charge is 0.478 e. The second-order valence-electron chi connectivity index (χ2n) is 4.39. The first-order valence-corrected chi connectivity index (χ1v) is 5.85. The van der Waals surface area contributed by atoms with Gasteiger partial charge in [-0.1, -0.05) is 26.0 Å². The van der Waals surface area contributed by atoms with E-state index in [-0.39, 0.29) is 17.7 Å². The zero-order chi connectivity index (χ0) is 14.6. The number of nitrogens with two attached hydrogens (primary N) is 1. The fourth-order valence-corrected chi connectivity index (χ4v) is 1.69. The standard InChI is InChI=1S/C14H16FNO3/c1-8(2)13(17)12(14(18)19)11(7-16)9-3-5-10(15)6-4-9/h3-6,8H,7,16H2,1-2H3,(H,18,19). The molecule has 0 saturated carbocycles. The third-order valence-electron chi connectivity index (χ3n) is 2.68. The first-order valence-electron chi connectivity index (χ1n) is 5.85. The SMILES string of the molecule is CC(C)C(=O)C(C(=O)O)=C(CN)c1ccc(F)cc1. The van der Waals surface area contributed by atoms with Crippen LogP contribution in [0.2, 0.25) is 0 Å². The number of hydrogen-bond donors (Lipinski definition) is 2. The Hall–Kier alpha value is -2.01. The molecule has 0 radical (unpaired) electrons. The minimum Gasteiger partial charge on any atom is -0.478 e. The number of ketones is 1. The predicted octanol–water partition coefficient (Wildman–Crippen LogP) is 1.85. The third-order valence-corrected chi connectivity index (χ3v) is 2.68. The van der Waals surface area contributed by atoms with Gasteiger partial charge in [-0.2, -0.15) is 0 Å². The van der Waals surface area contributed by atoms with Crippen LogP contribution in [-0.2, 0) is 9.59 Å². The number of halogens is 1. The Kier molecular flexibility index (Phi) is 4.94. The lowest BCUT2D eigenvalue weighted by Crippen LogP contribution is -2.21. The number of benzene rings is 1. The van der Waals surface area contributed by atoms with Gasteiger partial charge in [0.25, 0.3) is 0 Å². The molecule has 0 atom stereocenters. The van der Waals surface area contributed by atoms with Crippen LogP contribution in [-0.4, -0.2) is 23.4 Å². The van der Waals surface area contributed by atoms with E-state index in [0.29, 0.717) is 5.56 Å². The average Bonchev–Trinajstić information content (AvgIpc) is 2.35. The normalized spacial score (nSPS) is 12.3. The van der Waals surface area contributed by atoms with Crippen LogP contribution in [0.15, 0.2) is 29.8 Å². The molecule has 1 rings (SSSR count). The third kappa shape index (κ3) is 3.48. The number of carboxylic acid groups (broad SMARTS) is 1. The highest BCUT2D eigenvalue weighted by molar-refractivity contribution is 6.22. The Balaban J connectivity index is 3.42. The number of carbonyl (C=O) groups excluding carboxylic acids is 1. The number of carbonyl (C=O) groups is 2. The van der Waals surface area contributed by atoms with E-state index in [9.17, 15) is 19.1 Å². The van der Waals surface area contributed by atoms with Crippen LogP contribution in [0.25, 0.3) is 5.57 Å². The number of Topliss-reactive ketones (excluding diaryl/α,β-unsaturated/α-hetero) is 1. The number of aliphatic carboxylic acids is 1. The second kappa shape index (κ2) is 6.24. The van der Waals surface area contributed by atoms with Crippen molar-refractivity contribution in [1.29, 1.82) is 0 Å². The van der Waals surface area contributed by atoms with Gasteiger partial charge >= 0.3 is 5.97 Å². The summed E-state index contributed by atoms with van der Waals surface area (Å²) in [5.74, 6) is -2.69. The van der Waals surface area contributed by atoms with Crippen LogP contribution in [0.5, 0.6) is 0 Å². The molecule has 1 aromatic carbocycles.